The fraction of sp³-hybridized carbons (Fsp3) is 0.440. The minimum atomic E-state index is -1.23. The zero-order valence-corrected chi connectivity index (χ0v) is 19.9. The molecule has 1 aliphatic heterocycles. The molecule has 0 aromatic heterocycles. The smallest absolute Gasteiger partial charge is 0.266 e. The van der Waals surface area contributed by atoms with Gasteiger partial charge in [-0.05, 0) is 41.8 Å². The molecule has 0 fully saturated rings. The Labute approximate surface area is 205 Å². The van der Waals surface area contributed by atoms with Crippen LogP contribution in [-0.2, 0) is 16.0 Å². The van der Waals surface area contributed by atoms with E-state index < -0.39 is 5.54 Å². The maximum absolute atomic E-state index is 13.3. The van der Waals surface area contributed by atoms with Gasteiger partial charge in [-0.3, -0.25) is 10.2 Å². The number of ether oxygens (including phenoxy) is 2. The summed E-state index contributed by atoms with van der Waals surface area (Å²) in [7, 11) is 0. The van der Waals surface area contributed by atoms with Crippen molar-refractivity contribution in [2.75, 3.05) is 26.4 Å². The molecule has 10 heteroatoms. The third kappa shape index (κ3) is 7.19. The summed E-state index contributed by atoms with van der Waals surface area (Å²) in [5.41, 5.74) is 15.4. The van der Waals surface area contributed by atoms with Gasteiger partial charge in [0.25, 0.3) is 5.91 Å². The van der Waals surface area contributed by atoms with Gasteiger partial charge >= 0.3 is 0 Å². The lowest BCUT2D eigenvalue weighted by atomic mass is 9.91. The number of unbranched alkanes of at least 4 members (excludes halogenated alkanes) is 2. The van der Waals surface area contributed by atoms with Crippen LogP contribution in [0.4, 0.5) is 5.69 Å². The number of nitrogens with one attached hydrogen (secondary N) is 2. The second-order valence-electron chi connectivity index (χ2n) is 8.27. The van der Waals surface area contributed by atoms with Crippen molar-refractivity contribution in [1.29, 1.82) is 0 Å². The van der Waals surface area contributed by atoms with E-state index in [0.717, 1.165) is 19.3 Å². The first-order valence-corrected chi connectivity index (χ1v) is 11.8. The molecule has 1 atom stereocenters. The largest absolute Gasteiger partial charge is 0.494 e. The minimum absolute atomic E-state index is 0.0458. The highest BCUT2D eigenvalue weighted by Crippen LogP contribution is 2.31. The molecular weight excluding hydrogens is 448 g/mol. The number of aliphatic hydroxyl groups is 1. The molecular formula is C25H32N6O4. The summed E-state index contributed by atoms with van der Waals surface area (Å²) in [4.78, 5) is 21.0. The van der Waals surface area contributed by atoms with Crippen molar-refractivity contribution < 1.29 is 19.4 Å². The van der Waals surface area contributed by atoms with Crippen LogP contribution in [0.1, 0.15) is 43.7 Å². The lowest BCUT2D eigenvalue weighted by Crippen LogP contribution is -2.53. The van der Waals surface area contributed by atoms with Crippen LogP contribution in [0.25, 0.3) is 10.4 Å². The van der Waals surface area contributed by atoms with Gasteiger partial charge in [-0.2, -0.15) is 0 Å². The number of hydrogen-bond donors (Lipinski definition) is 3. The molecule has 35 heavy (non-hydrogen) atoms. The van der Waals surface area contributed by atoms with Gasteiger partial charge in [0.2, 0.25) is 5.90 Å². The van der Waals surface area contributed by atoms with E-state index >= 15 is 0 Å². The fourth-order valence-electron chi connectivity index (χ4n) is 3.67. The first kappa shape index (κ1) is 26.0. The number of rotatable bonds is 14. The molecule has 0 aliphatic carbocycles. The molecule has 0 saturated carbocycles. The van der Waals surface area contributed by atoms with Crippen molar-refractivity contribution >= 4 is 17.5 Å². The quantitative estimate of drug-likeness (QED) is 0.123. The SMILES string of the molecule is CCCCCNNC(=O)[C@]1(Cc2ccccc2N=[N+]=[N-])COC(c2ccc(OCCCO)cc2)=N1. The number of aliphatic hydroxyl groups excluding tert-OH is 1. The van der Waals surface area contributed by atoms with Crippen molar-refractivity contribution in [3.63, 3.8) is 0 Å². The van der Waals surface area contributed by atoms with E-state index in [-0.39, 0.29) is 25.5 Å². The number of carbonyl (C=O) groups is 1. The van der Waals surface area contributed by atoms with Crippen LogP contribution in [0.2, 0.25) is 0 Å². The van der Waals surface area contributed by atoms with Gasteiger partial charge in [-0.15, -0.1) is 0 Å². The van der Waals surface area contributed by atoms with Crippen LogP contribution in [0.3, 0.4) is 0 Å². The van der Waals surface area contributed by atoms with Gasteiger partial charge in [0.05, 0.1) is 6.61 Å². The Morgan fingerprint density at radius 3 is 2.77 bits per heavy atom. The Hall–Kier alpha value is -3.59. The molecule has 2 aromatic rings. The number of carbonyl (C=O) groups excluding carboxylic acids is 1. The molecule has 1 aliphatic rings. The first-order valence-electron chi connectivity index (χ1n) is 11.8. The van der Waals surface area contributed by atoms with Gasteiger partial charge in [-0.1, -0.05) is 49.1 Å². The van der Waals surface area contributed by atoms with Crippen LogP contribution in [0.5, 0.6) is 5.75 Å². The molecule has 0 unspecified atom stereocenters. The molecule has 2 aromatic carbocycles. The van der Waals surface area contributed by atoms with Crippen LogP contribution < -0.4 is 15.6 Å². The number of nitrogens with zero attached hydrogens (tertiary/aromatic N) is 4. The number of benzene rings is 2. The number of hydrazine groups is 1. The highest BCUT2D eigenvalue weighted by Gasteiger charge is 2.45. The van der Waals surface area contributed by atoms with Crippen molar-refractivity contribution in [1.82, 2.24) is 10.9 Å². The molecule has 0 radical (unpaired) electrons. The van der Waals surface area contributed by atoms with E-state index in [9.17, 15) is 4.79 Å². The minimum Gasteiger partial charge on any atom is -0.494 e. The van der Waals surface area contributed by atoms with Gasteiger partial charge in [0, 0.05) is 42.2 Å². The predicted octanol–water partition coefficient (Wildman–Crippen LogP) is 3.96. The molecule has 0 saturated heterocycles. The summed E-state index contributed by atoms with van der Waals surface area (Å²) in [6.07, 6.45) is 3.86. The van der Waals surface area contributed by atoms with E-state index in [4.69, 9.17) is 25.1 Å². The standard InChI is InChI=1S/C25H32N6O4/c1-2-3-6-14-27-30-24(33)25(17-20-8-4-5-9-22(20)29-31-26)18-35-23(28-25)19-10-12-21(13-11-19)34-16-7-15-32/h4-5,8-13,27,32H,2-3,6-7,14-18H2,1H3,(H,30,33)/t25-/m0/s1. The summed E-state index contributed by atoms with van der Waals surface area (Å²) >= 11 is 0. The molecule has 10 nitrogen and oxygen atoms in total. The average Bonchev–Trinajstić information content (AvgIpc) is 3.31. The molecule has 0 spiro atoms. The second-order valence-corrected chi connectivity index (χ2v) is 8.27. The van der Waals surface area contributed by atoms with Crippen molar-refractivity contribution in [2.24, 2.45) is 10.1 Å². The van der Waals surface area contributed by atoms with Crippen LogP contribution in [0, 0.1) is 0 Å². The third-order valence-electron chi connectivity index (χ3n) is 5.59. The van der Waals surface area contributed by atoms with Gasteiger partial charge < -0.3 is 14.6 Å². The Kier molecular flexibility index (Phi) is 9.92. The Morgan fingerprint density at radius 1 is 1.23 bits per heavy atom. The van der Waals surface area contributed by atoms with Gasteiger partial charge in [0.1, 0.15) is 12.4 Å². The summed E-state index contributed by atoms with van der Waals surface area (Å²) in [6.45, 7) is 3.31. The lowest BCUT2D eigenvalue weighted by Gasteiger charge is -2.24. The molecule has 186 valence electrons. The Balaban J connectivity index is 1.83. The average molecular weight is 481 g/mol. The summed E-state index contributed by atoms with van der Waals surface area (Å²) in [6, 6.07) is 14.4. The summed E-state index contributed by atoms with van der Waals surface area (Å²) in [5.74, 6) is 0.711. The normalized spacial score (nSPS) is 16.7. The summed E-state index contributed by atoms with van der Waals surface area (Å²) in [5, 5.41) is 12.7. The first-order chi connectivity index (χ1) is 17.1. The molecule has 3 N–H and O–H groups in total. The number of amides is 1. The van der Waals surface area contributed by atoms with E-state index in [1.165, 1.54) is 0 Å². The molecule has 1 heterocycles. The molecule has 3 rings (SSSR count). The van der Waals surface area contributed by atoms with Crippen LogP contribution in [-0.4, -0.2) is 48.8 Å². The van der Waals surface area contributed by atoms with Crippen LogP contribution in [0.15, 0.2) is 58.6 Å². The Morgan fingerprint density at radius 2 is 2.03 bits per heavy atom. The van der Waals surface area contributed by atoms with Crippen molar-refractivity contribution in [2.45, 2.75) is 44.6 Å². The highest BCUT2D eigenvalue weighted by atomic mass is 16.5. The lowest BCUT2D eigenvalue weighted by molar-refractivity contribution is -0.127. The second kappa shape index (κ2) is 13.3. The van der Waals surface area contributed by atoms with Gasteiger partial charge in [-0.25, -0.2) is 10.4 Å². The maximum Gasteiger partial charge on any atom is 0.266 e. The van der Waals surface area contributed by atoms with E-state index in [1.54, 1.807) is 24.3 Å². The zero-order valence-electron chi connectivity index (χ0n) is 19.9. The predicted molar refractivity (Wildman–Crippen MR) is 133 cm³/mol. The monoisotopic (exact) mass is 480 g/mol. The third-order valence-corrected chi connectivity index (χ3v) is 5.59. The highest BCUT2D eigenvalue weighted by molar-refractivity contribution is 6.00. The van der Waals surface area contributed by atoms with Crippen molar-refractivity contribution in [3.05, 3.63) is 70.1 Å². The Bertz CT molecular complexity index is 1050. The van der Waals surface area contributed by atoms with E-state index in [1.807, 2.05) is 24.3 Å². The van der Waals surface area contributed by atoms with E-state index in [2.05, 4.69) is 27.8 Å². The number of azide groups is 1. The fourth-order valence-corrected chi connectivity index (χ4v) is 3.67. The summed E-state index contributed by atoms with van der Waals surface area (Å²) < 4.78 is 11.5. The number of aliphatic imine (C=N–C) groups is 1. The maximum atomic E-state index is 13.3. The topological polar surface area (TPSA) is 141 Å². The number of hydrogen-bond acceptors (Lipinski definition) is 7. The molecule has 1 amide bonds. The van der Waals surface area contributed by atoms with Gasteiger partial charge in [0.15, 0.2) is 5.54 Å². The van der Waals surface area contributed by atoms with E-state index in [0.29, 0.717) is 48.0 Å². The van der Waals surface area contributed by atoms with Crippen LogP contribution >= 0.6 is 0 Å². The zero-order chi connectivity index (χ0) is 24.9. The molecule has 0 bridgehead atoms. The van der Waals surface area contributed by atoms with Crippen molar-refractivity contribution in [3.8, 4) is 5.75 Å².